The molecule has 7 heteroatoms. The Kier molecular flexibility index (Phi) is 4.37. The first-order valence-corrected chi connectivity index (χ1v) is 10.2. The number of rotatable bonds is 3. The molecule has 1 aliphatic heterocycles. The lowest BCUT2D eigenvalue weighted by molar-refractivity contribution is 0.0703. The van der Waals surface area contributed by atoms with Crippen LogP contribution in [0.1, 0.15) is 34.3 Å². The maximum absolute atomic E-state index is 12.7. The maximum Gasteiger partial charge on any atom is 0.266 e. The summed E-state index contributed by atoms with van der Waals surface area (Å²) in [5.74, 6) is 1.13. The van der Waals surface area contributed by atoms with Crippen molar-refractivity contribution in [3.05, 3.63) is 64.8 Å². The molecule has 4 aromatic rings. The van der Waals surface area contributed by atoms with Crippen LogP contribution in [0.5, 0.6) is 0 Å². The van der Waals surface area contributed by atoms with Gasteiger partial charge >= 0.3 is 0 Å². The van der Waals surface area contributed by atoms with Gasteiger partial charge in [-0.05, 0) is 35.7 Å². The van der Waals surface area contributed by atoms with Crippen molar-refractivity contribution in [2.24, 2.45) is 0 Å². The molecule has 1 saturated heterocycles. The van der Waals surface area contributed by atoms with E-state index >= 15 is 0 Å². The number of thiophene rings is 1. The third kappa shape index (κ3) is 3.07. The highest BCUT2D eigenvalue weighted by Crippen LogP contribution is 2.31. The summed E-state index contributed by atoms with van der Waals surface area (Å²) < 4.78 is 6.02. The van der Waals surface area contributed by atoms with Crippen LogP contribution >= 0.6 is 11.3 Å². The molecule has 0 spiro atoms. The number of likely N-dealkylation sites (tertiary alicyclic amines) is 1. The number of pyridine rings is 1. The standard InChI is InChI=1S/C21H18N4O2S/c26-21(17-8-4-12-28-17)25-11-3-6-15(13-25)19-23-24-20(27-19)18-16-7-2-1-5-14(16)9-10-22-18/h1-2,4-5,7-10,12,15H,3,6,11,13H2. The van der Waals surface area contributed by atoms with Crippen LogP contribution in [0.2, 0.25) is 0 Å². The summed E-state index contributed by atoms with van der Waals surface area (Å²) in [6.07, 6.45) is 3.61. The molecule has 4 heterocycles. The molecule has 1 atom stereocenters. The van der Waals surface area contributed by atoms with Gasteiger partial charge in [0.15, 0.2) is 0 Å². The van der Waals surface area contributed by atoms with Crippen LogP contribution in [-0.4, -0.2) is 39.1 Å². The van der Waals surface area contributed by atoms with Crippen LogP contribution in [0, 0.1) is 0 Å². The fourth-order valence-corrected chi connectivity index (χ4v) is 4.40. The molecule has 1 unspecified atom stereocenters. The van der Waals surface area contributed by atoms with E-state index in [1.165, 1.54) is 11.3 Å². The van der Waals surface area contributed by atoms with Crippen LogP contribution < -0.4 is 0 Å². The summed E-state index contributed by atoms with van der Waals surface area (Å²) in [6.45, 7) is 1.36. The lowest BCUT2D eigenvalue weighted by Gasteiger charge is -2.30. The van der Waals surface area contributed by atoms with Gasteiger partial charge in [0.1, 0.15) is 5.69 Å². The Labute approximate surface area is 165 Å². The van der Waals surface area contributed by atoms with E-state index in [-0.39, 0.29) is 11.8 Å². The topological polar surface area (TPSA) is 72.1 Å². The van der Waals surface area contributed by atoms with Gasteiger partial charge in [0.05, 0.1) is 10.8 Å². The number of hydrogen-bond donors (Lipinski definition) is 0. The molecular formula is C21H18N4O2S. The Hall–Kier alpha value is -3.06. The number of carbonyl (C=O) groups excluding carboxylic acids is 1. The van der Waals surface area contributed by atoms with Gasteiger partial charge < -0.3 is 9.32 Å². The van der Waals surface area contributed by atoms with Crippen LogP contribution in [0.15, 0.2) is 58.5 Å². The summed E-state index contributed by atoms with van der Waals surface area (Å²) in [7, 11) is 0. The first-order chi connectivity index (χ1) is 13.8. The number of aromatic nitrogens is 3. The van der Waals surface area contributed by atoms with Crippen LogP contribution in [0.25, 0.3) is 22.4 Å². The Morgan fingerprint density at radius 3 is 2.96 bits per heavy atom. The van der Waals surface area contributed by atoms with Crippen LogP contribution in [0.4, 0.5) is 0 Å². The summed E-state index contributed by atoms with van der Waals surface area (Å²) in [5.41, 5.74) is 0.694. The predicted molar refractivity (Wildman–Crippen MR) is 107 cm³/mol. The Bertz CT molecular complexity index is 1120. The van der Waals surface area contributed by atoms with Crippen molar-refractivity contribution in [3.63, 3.8) is 0 Å². The highest BCUT2D eigenvalue weighted by Gasteiger charge is 2.29. The minimum absolute atomic E-state index is 0.0499. The van der Waals surface area contributed by atoms with Crippen molar-refractivity contribution in [1.29, 1.82) is 0 Å². The average Bonchev–Trinajstić information content (AvgIpc) is 3.45. The molecule has 0 aliphatic carbocycles. The van der Waals surface area contributed by atoms with Crippen molar-refractivity contribution in [2.75, 3.05) is 13.1 Å². The number of piperidine rings is 1. The first-order valence-electron chi connectivity index (χ1n) is 9.30. The lowest BCUT2D eigenvalue weighted by atomic mass is 9.98. The molecule has 0 N–H and O–H groups in total. The fraction of sp³-hybridized carbons (Fsp3) is 0.238. The van der Waals surface area contributed by atoms with Crippen molar-refractivity contribution in [2.45, 2.75) is 18.8 Å². The Balaban J connectivity index is 1.40. The third-order valence-corrected chi connectivity index (χ3v) is 5.96. The molecule has 140 valence electrons. The molecule has 0 radical (unpaired) electrons. The maximum atomic E-state index is 12.7. The Morgan fingerprint density at radius 2 is 2.07 bits per heavy atom. The highest BCUT2D eigenvalue weighted by molar-refractivity contribution is 7.12. The zero-order valence-corrected chi connectivity index (χ0v) is 15.9. The predicted octanol–water partition coefficient (Wildman–Crippen LogP) is 4.37. The van der Waals surface area contributed by atoms with E-state index < -0.39 is 0 Å². The molecule has 0 bridgehead atoms. The third-order valence-electron chi connectivity index (χ3n) is 5.11. The van der Waals surface area contributed by atoms with E-state index in [4.69, 9.17) is 4.42 Å². The van der Waals surface area contributed by atoms with Gasteiger partial charge in [-0.3, -0.25) is 9.78 Å². The molecule has 28 heavy (non-hydrogen) atoms. The number of hydrogen-bond acceptors (Lipinski definition) is 6. The number of benzene rings is 1. The molecular weight excluding hydrogens is 372 g/mol. The van der Waals surface area contributed by atoms with Crippen LogP contribution in [0.3, 0.4) is 0 Å². The zero-order valence-electron chi connectivity index (χ0n) is 15.1. The van der Waals surface area contributed by atoms with E-state index in [0.29, 0.717) is 24.0 Å². The lowest BCUT2D eigenvalue weighted by Crippen LogP contribution is -2.38. The van der Waals surface area contributed by atoms with E-state index in [9.17, 15) is 4.79 Å². The summed E-state index contributed by atoms with van der Waals surface area (Å²) in [4.78, 5) is 19.8. The molecule has 1 amide bonds. The first kappa shape index (κ1) is 17.1. The van der Waals surface area contributed by atoms with Crippen molar-refractivity contribution in [1.82, 2.24) is 20.1 Å². The average molecular weight is 390 g/mol. The van der Waals surface area contributed by atoms with Crippen molar-refractivity contribution < 1.29 is 9.21 Å². The highest BCUT2D eigenvalue weighted by atomic mass is 32.1. The second kappa shape index (κ2) is 7.16. The van der Waals surface area contributed by atoms with E-state index in [0.717, 1.165) is 35.0 Å². The molecule has 6 nitrogen and oxygen atoms in total. The summed E-state index contributed by atoms with van der Waals surface area (Å²) in [5, 5.41) is 12.5. The minimum Gasteiger partial charge on any atom is -0.419 e. The summed E-state index contributed by atoms with van der Waals surface area (Å²) in [6, 6.07) is 13.7. The van der Waals surface area contributed by atoms with Gasteiger partial charge in [-0.15, -0.1) is 21.5 Å². The van der Waals surface area contributed by atoms with Gasteiger partial charge in [-0.1, -0.05) is 30.3 Å². The van der Waals surface area contributed by atoms with Gasteiger partial charge in [-0.25, -0.2) is 0 Å². The van der Waals surface area contributed by atoms with E-state index in [1.807, 2.05) is 52.7 Å². The quantitative estimate of drug-likeness (QED) is 0.519. The number of amides is 1. The second-order valence-electron chi connectivity index (χ2n) is 6.89. The molecule has 3 aromatic heterocycles. The van der Waals surface area contributed by atoms with Gasteiger partial charge in [0.2, 0.25) is 5.89 Å². The van der Waals surface area contributed by atoms with Gasteiger partial charge in [0.25, 0.3) is 11.8 Å². The zero-order chi connectivity index (χ0) is 18.9. The number of nitrogens with zero attached hydrogens (tertiary/aromatic N) is 4. The van der Waals surface area contributed by atoms with Crippen molar-refractivity contribution in [3.8, 4) is 11.6 Å². The van der Waals surface area contributed by atoms with Crippen LogP contribution in [-0.2, 0) is 0 Å². The van der Waals surface area contributed by atoms with Gasteiger partial charge in [0, 0.05) is 24.7 Å². The monoisotopic (exact) mass is 390 g/mol. The normalized spacial score (nSPS) is 17.1. The SMILES string of the molecule is O=C(c1cccs1)N1CCCC(c2nnc(-c3nccc4ccccc34)o2)C1. The van der Waals surface area contributed by atoms with Crippen molar-refractivity contribution >= 4 is 28.0 Å². The largest absolute Gasteiger partial charge is 0.419 e. The molecule has 1 aliphatic rings. The second-order valence-corrected chi connectivity index (χ2v) is 7.84. The summed E-state index contributed by atoms with van der Waals surface area (Å²) >= 11 is 1.47. The molecule has 1 aromatic carbocycles. The molecule has 1 fully saturated rings. The van der Waals surface area contributed by atoms with E-state index in [2.05, 4.69) is 15.2 Å². The number of carbonyl (C=O) groups is 1. The van der Waals surface area contributed by atoms with E-state index in [1.54, 1.807) is 6.20 Å². The fourth-order valence-electron chi connectivity index (χ4n) is 3.70. The Morgan fingerprint density at radius 1 is 1.14 bits per heavy atom. The smallest absolute Gasteiger partial charge is 0.266 e. The molecule has 0 saturated carbocycles. The minimum atomic E-state index is 0.0499. The molecule has 5 rings (SSSR count). The number of fused-ring (bicyclic) bond motifs is 1. The van der Waals surface area contributed by atoms with Gasteiger partial charge in [-0.2, -0.15) is 0 Å².